The van der Waals surface area contributed by atoms with E-state index < -0.39 is 0 Å². The molecule has 1 N–H and O–H groups in total. The molecule has 0 unspecified atom stereocenters. The minimum absolute atomic E-state index is 0.0746. The molecule has 6 heteroatoms. The molecule has 1 aliphatic rings. The fourth-order valence-corrected chi connectivity index (χ4v) is 4.38. The number of aryl methyl sites for hydroxylation is 2. The molecule has 152 valence electrons. The second-order valence-electron chi connectivity index (χ2n) is 7.05. The molecule has 1 heterocycles. The maximum Gasteiger partial charge on any atom is 0.225 e. The van der Waals surface area contributed by atoms with Crippen LogP contribution in [0.15, 0.2) is 35.4 Å². The van der Waals surface area contributed by atoms with Gasteiger partial charge in [0.2, 0.25) is 5.91 Å². The normalized spacial score (nSPS) is 13.5. The molecule has 29 heavy (non-hydrogen) atoms. The summed E-state index contributed by atoms with van der Waals surface area (Å²) in [5, 5.41) is 13.2. The number of pyridine rings is 1. The molecule has 0 saturated carbocycles. The van der Waals surface area contributed by atoms with Gasteiger partial charge in [0.1, 0.15) is 16.8 Å². The molecular formula is C23H27N3O2S. The van der Waals surface area contributed by atoms with Crippen molar-refractivity contribution < 1.29 is 9.53 Å². The smallest absolute Gasteiger partial charge is 0.225 e. The van der Waals surface area contributed by atoms with Crippen molar-refractivity contribution in [3.63, 3.8) is 0 Å². The first kappa shape index (κ1) is 21.2. The zero-order chi connectivity index (χ0) is 20.5. The van der Waals surface area contributed by atoms with Crippen LogP contribution in [0, 0.1) is 11.3 Å². The lowest BCUT2D eigenvalue weighted by Crippen LogP contribution is -2.13. The van der Waals surface area contributed by atoms with Crippen LogP contribution in [-0.2, 0) is 17.6 Å². The van der Waals surface area contributed by atoms with Crippen LogP contribution in [0.1, 0.15) is 55.8 Å². The lowest BCUT2D eigenvalue weighted by atomic mass is 9.96. The molecule has 0 spiro atoms. The van der Waals surface area contributed by atoms with E-state index in [1.807, 2.05) is 37.3 Å². The number of aromatic nitrogens is 1. The maximum atomic E-state index is 12.4. The van der Waals surface area contributed by atoms with Gasteiger partial charge in [-0.3, -0.25) is 4.79 Å². The molecule has 0 radical (unpaired) electrons. The number of fused-ring (bicyclic) bond motifs is 1. The van der Waals surface area contributed by atoms with E-state index >= 15 is 0 Å². The van der Waals surface area contributed by atoms with Crippen molar-refractivity contribution in [3.05, 3.63) is 47.2 Å². The van der Waals surface area contributed by atoms with Gasteiger partial charge in [-0.25, -0.2) is 4.98 Å². The molecule has 2 aromatic rings. The van der Waals surface area contributed by atoms with E-state index in [-0.39, 0.29) is 5.91 Å². The average molecular weight is 410 g/mol. The van der Waals surface area contributed by atoms with Crippen molar-refractivity contribution in [3.8, 4) is 11.8 Å². The Balaban J connectivity index is 1.60. The van der Waals surface area contributed by atoms with Crippen molar-refractivity contribution in [1.29, 1.82) is 5.26 Å². The Morgan fingerprint density at radius 3 is 2.83 bits per heavy atom. The monoisotopic (exact) mass is 409 g/mol. The van der Waals surface area contributed by atoms with Gasteiger partial charge in [0.05, 0.1) is 17.9 Å². The van der Waals surface area contributed by atoms with E-state index in [0.29, 0.717) is 35.8 Å². The highest BCUT2D eigenvalue weighted by Crippen LogP contribution is 2.28. The Labute approximate surface area is 176 Å². The van der Waals surface area contributed by atoms with Crippen LogP contribution in [-0.4, -0.2) is 23.3 Å². The van der Waals surface area contributed by atoms with Gasteiger partial charge >= 0.3 is 0 Å². The molecular weight excluding hydrogens is 382 g/mol. The largest absolute Gasteiger partial charge is 0.492 e. The van der Waals surface area contributed by atoms with Crippen molar-refractivity contribution in [2.24, 2.45) is 0 Å². The second kappa shape index (κ2) is 10.9. The summed E-state index contributed by atoms with van der Waals surface area (Å²) in [5.74, 6) is 1.17. The number of amides is 1. The number of carbonyl (C=O) groups excluding carboxylic acids is 1. The first-order valence-corrected chi connectivity index (χ1v) is 11.3. The van der Waals surface area contributed by atoms with Crippen LogP contribution in [0.25, 0.3) is 0 Å². The maximum absolute atomic E-state index is 12.4. The molecule has 0 saturated heterocycles. The number of rotatable bonds is 7. The van der Waals surface area contributed by atoms with Crippen molar-refractivity contribution in [1.82, 2.24) is 4.98 Å². The molecule has 0 aliphatic heterocycles. The SMILES string of the molecule is CCOc1ccccc1NC(=O)CCSc1nc2c(cc1C#N)CCCCCC2. The number of hydrogen-bond donors (Lipinski definition) is 1. The molecule has 1 amide bonds. The first-order valence-electron chi connectivity index (χ1n) is 10.3. The Morgan fingerprint density at radius 1 is 1.24 bits per heavy atom. The minimum atomic E-state index is -0.0746. The topological polar surface area (TPSA) is 75.0 Å². The van der Waals surface area contributed by atoms with E-state index in [1.165, 1.54) is 30.2 Å². The summed E-state index contributed by atoms with van der Waals surface area (Å²) in [6.45, 7) is 2.46. The fraction of sp³-hybridized carbons (Fsp3) is 0.435. The Bertz CT molecular complexity index is 892. The first-order chi connectivity index (χ1) is 14.2. The number of nitrogens with one attached hydrogen (secondary N) is 1. The highest BCUT2D eigenvalue weighted by atomic mass is 32.2. The number of para-hydroxylation sites is 2. The third-order valence-electron chi connectivity index (χ3n) is 4.92. The van der Waals surface area contributed by atoms with E-state index in [4.69, 9.17) is 9.72 Å². The van der Waals surface area contributed by atoms with Crippen molar-refractivity contribution in [2.75, 3.05) is 17.7 Å². The molecule has 1 aromatic heterocycles. The fourth-order valence-electron chi connectivity index (χ4n) is 3.46. The predicted octanol–water partition coefficient (Wildman–Crippen LogP) is 5.13. The van der Waals surface area contributed by atoms with Crippen LogP contribution in [0.3, 0.4) is 0 Å². The van der Waals surface area contributed by atoms with Crippen molar-refractivity contribution in [2.45, 2.75) is 56.9 Å². The number of nitrogens with zero attached hydrogens (tertiary/aromatic N) is 2. The van der Waals surface area contributed by atoms with E-state index in [1.54, 1.807) is 0 Å². The van der Waals surface area contributed by atoms with E-state index in [2.05, 4.69) is 11.4 Å². The number of benzene rings is 1. The zero-order valence-electron chi connectivity index (χ0n) is 16.9. The third kappa shape index (κ3) is 5.98. The summed E-state index contributed by atoms with van der Waals surface area (Å²) < 4.78 is 5.55. The van der Waals surface area contributed by atoms with Crippen LogP contribution in [0.4, 0.5) is 5.69 Å². The third-order valence-corrected chi connectivity index (χ3v) is 5.91. The molecule has 0 fully saturated rings. The van der Waals surface area contributed by atoms with Crippen LogP contribution < -0.4 is 10.1 Å². The van der Waals surface area contributed by atoms with Gasteiger partial charge in [-0.1, -0.05) is 25.0 Å². The minimum Gasteiger partial charge on any atom is -0.492 e. The Morgan fingerprint density at radius 2 is 2.03 bits per heavy atom. The molecule has 5 nitrogen and oxygen atoms in total. The molecule has 3 rings (SSSR count). The summed E-state index contributed by atoms with van der Waals surface area (Å²) in [6.07, 6.45) is 7.13. The molecule has 0 bridgehead atoms. The summed E-state index contributed by atoms with van der Waals surface area (Å²) in [7, 11) is 0. The van der Waals surface area contributed by atoms with Crippen LogP contribution in [0.5, 0.6) is 5.75 Å². The van der Waals surface area contributed by atoms with Gasteiger partial charge in [0, 0.05) is 17.9 Å². The van der Waals surface area contributed by atoms with Crippen LogP contribution in [0.2, 0.25) is 0 Å². The van der Waals surface area contributed by atoms with E-state index in [0.717, 1.165) is 36.4 Å². The van der Waals surface area contributed by atoms with Gasteiger partial charge in [0.15, 0.2) is 0 Å². The van der Waals surface area contributed by atoms with Gasteiger partial charge in [-0.2, -0.15) is 5.26 Å². The van der Waals surface area contributed by atoms with Crippen LogP contribution >= 0.6 is 11.8 Å². The predicted molar refractivity (Wildman–Crippen MR) is 116 cm³/mol. The van der Waals surface area contributed by atoms with Gasteiger partial charge in [-0.05, 0) is 56.4 Å². The lowest BCUT2D eigenvalue weighted by Gasteiger charge is -2.15. The zero-order valence-corrected chi connectivity index (χ0v) is 17.7. The average Bonchev–Trinajstić information content (AvgIpc) is 2.70. The van der Waals surface area contributed by atoms with E-state index in [9.17, 15) is 10.1 Å². The number of hydrogen-bond acceptors (Lipinski definition) is 5. The summed E-state index contributed by atoms with van der Waals surface area (Å²) in [5.41, 5.74) is 3.65. The summed E-state index contributed by atoms with van der Waals surface area (Å²) in [4.78, 5) is 17.2. The number of carbonyl (C=O) groups is 1. The van der Waals surface area contributed by atoms with Crippen molar-refractivity contribution >= 4 is 23.4 Å². The second-order valence-corrected chi connectivity index (χ2v) is 8.13. The lowest BCUT2D eigenvalue weighted by molar-refractivity contribution is -0.115. The van der Waals surface area contributed by atoms with Gasteiger partial charge in [-0.15, -0.1) is 11.8 Å². The molecule has 0 atom stereocenters. The summed E-state index contributed by atoms with van der Waals surface area (Å²) >= 11 is 1.48. The summed E-state index contributed by atoms with van der Waals surface area (Å²) in [6, 6.07) is 11.7. The number of ether oxygens (including phenoxy) is 1. The number of nitriles is 1. The highest BCUT2D eigenvalue weighted by Gasteiger charge is 2.15. The standard InChI is InChI=1S/C23H27N3O2S/c1-2-28-21-12-8-7-11-20(21)25-22(27)13-14-29-23-18(16-24)15-17-9-5-3-4-6-10-19(17)26-23/h7-8,11-12,15H,2-6,9-10,13-14H2,1H3,(H,25,27). The van der Waals surface area contributed by atoms with Gasteiger partial charge < -0.3 is 10.1 Å². The quantitative estimate of drug-likeness (QED) is 0.642. The number of thioether (sulfide) groups is 1. The molecule has 1 aliphatic carbocycles. The number of anilines is 1. The highest BCUT2D eigenvalue weighted by molar-refractivity contribution is 7.99. The van der Waals surface area contributed by atoms with Gasteiger partial charge in [0.25, 0.3) is 0 Å². The Hall–Kier alpha value is -2.52. The molecule has 1 aromatic carbocycles. The Kier molecular flexibility index (Phi) is 7.94.